The van der Waals surface area contributed by atoms with Gasteiger partial charge in [0.1, 0.15) is 5.58 Å². The zero-order valence-corrected chi connectivity index (χ0v) is 29.9. The van der Waals surface area contributed by atoms with E-state index in [2.05, 4.69) is 199 Å². The summed E-state index contributed by atoms with van der Waals surface area (Å²) >= 11 is 0. The van der Waals surface area contributed by atoms with Crippen LogP contribution in [0.5, 0.6) is 0 Å². The van der Waals surface area contributed by atoms with Crippen LogP contribution < -0.4 is 4.90 Å². The lowest BCUT2D eigenvalue weighted by Crippen LogP contribution is -2.26. The molecule has 0 unspecified atom stereocenters. The molecule has 2 nitrogen and oxygen atoms in total. The van der Waals surface area contributed by atoms with Gasteiger partial charge in [0.15, 0.2) is 5.58 Å². The van der Waals surface area contributed by atoms with Gasteiger partial charge in [0.2, 0.25) is 0 Å². The summed E-state index contributed by atoms with van der Waals surface area (Å²) in [4.78, 5) is 2.43. The lowest BCUT2D eigenvalue weighted by Gasteiger charge is -2.31. The third-order valence-electron chi connectivity index (χ3n) is 12.1. The summed E-state index contributed by atoms with van der Waals surface area (Å²) in [5, 5.41) is 4.71. The molecular weight excluding hydrogens is 667 g/mol. The summed E-state index contributed by atoms with van der Waals surface area (Å²) in [6, 6.07) is 73.2. The van der Waals surface area contributed by atoms with Crippen molar-refractivity contribution in [2.45, 2.75) is 5.41 Å². The molecule has 9 aromatic carbocycles. The van der Waals surface area contributed by atoms with E-state index in [9.17, 15) is 0 Å². The van der Waals surface area contributed by atoms with Crippen molar-refractivity contribution in [2.75, 3.05) is 4.90 Å². The van der Waals surface area contributed by atoms with Gasteiger partial charge < -0.3 is 9.32 Å². The van der Waals surface area contributed by atoms with E-state index in [0.717, 1.165) is 39.0 Å². The summed E-state index contributed by atoms with van der Waals surface area (Å²) < 4.78 is 6.77. The minimum absolute atomic E-state index is 0.438. The van der Waals surface area contributed by atoms with Crippen LogP contribution in [-0.2, 0) is 5.41 Å². The van der Waals surface area contributed by atoms with Crippen molar-refractivity contribution in [1.29, 1.82) is 0 Å². The third kappa shape index (κ3) is 4.14. The molecule has 10 aromatic rings. The number of furan rings is 1. The fourth-order valence-corrected chi connectivity index (χ4v) is 9.80. The van der Waals surface area contributed by atoms with Crippen molar-refractivity contribution < 1.29 is 4.42 Å². The second-order valence-corrected chi connectivity index (χ2v) is 14.8. The molecule has 55 heavy (non-hydrogen) atoms. The van der Waals surface area contributed by atoms with Crippen LogP contribution >= 0.6 is 0 Å². The molecule has 2 aliphatic carbocycles. The van der Waals surface area contributed by atoms with E-state index in [-0.39, 0.29) is 0 Å². The lowest BCUT2D eigenvalue weighted by molar-refractivity contribution is 0.669. The number of anilines is 3. The lowest BCUT2D eigenvalue weighted by atomic mass is 9.70. The molecule has 0 fully saturated rings. The van der Waals surface area contributed by atoms with Crippen molar-refractivity contribution >= 4 is 49.8 Å². The molecule has 2 heteroatoms. The van der Waals surface area contributed by atoms with E-state index in [1.165, 1.54) is 66.4 Å². The summed E-state index contributed by atoms with van der Waals surface area (Å²) in [6.45, 7) is 0. The Labute approximate surface area is 319 Å². The maximum Gasteiger partial charge on any atom is 0.159 e. The molecule has 1 spiro atoms. The standard InChI is InChI=1S/C53H33NO/c1-2-14-36-33-37(28-27-34(36)13-1)35-29-31-38(32-30-35)54(49-25-11-19-42-41-17-6-10-26-50(41)55-52(42)49)48-24-12-23-47-51(48)43-18-5-9-22-46(43)53(47)44-20-7-3-15-39(44)40-16-4-8-21-45(40)53/h1-33H. The fraction of sp³-hybridized carbons (Fsp3) is 0.0189. The van der Waals surface area contributed by atoms with E-state index in [0.29, 0.717) is 0 Å². The highest BCUT2D eigenvalue weighted by Gasteiger charge is 2.52. The Balaban J connectivity index is 1.13. The predicted molar refractivity (Wildman–Crippen MR) is 228 cm³/mol. The Morgan fingerprint density at radius 1 is 0.382 bits per heavy atom. The number of hydrogen-bond acceptors (Lipinski definition) is 2. The Morgan fingerprint density at radius 2 is 0.945 bits per heavy atom. The van der Waals surface area contributed by atoms with Crippen LogP contribution in [0.3, 0.4) is 0 Å². The van der Waals surface area contributed by atoms with Crippen LogP contribution in [0.1, 0.15) is 22.3 Å². The summed E-state index contributed by atoms with van der Waals surface area (Å²) in [5.41, 5.74) is 17.3. The second kappa shape index (κ2) is 11.4. The number of nitrogens with zero attached hydrogens (tertiary/aromatic N) is 1. The highest BCUT2D eigenvalue weighted by molar-refractivity contribution is 6.11. The fourth-order valence-electron chi connectivity index (χ4n) is 9.80. The topological polar surface area (TPSA) is 16.4 Å². The van der Waals surface area contributed by atoms with Gasteiger partial charge in [-0.25, -0.2) is 0 Å². The second-order valence-electron chi connectivity index (χ2n) is 14.8. The van der Waals surface area contributed by atoms with E-state index in [4.69, 9.17) is 4.42 Å². The summed E-state index contributed by atoms with van der Waals surface area (Å²) in [5.74, 6) is 0. The van der Waals surface area contributed by atoms with Crippen LogP contribution in [0, 0.1) is 0 Å². The minimum atomic E-state index is -0.438. The van der Waals surface area contributed by atoms with Crippen LogP contribution in [0.2, 0.25) is 0 Å². The number of benzene rings is 9. The number of fused-ring (bicyclic) bond motifs is 14. The average molecular weight is 700 g/mol. The number of hydrogen-bond donors (Lipinski definition) is 0. The van der Waals surface area contributed by atoms with Crippen molar-refractivity contribution in [1.82, 2.24) is 0 Å². The van der Waals surface area contributed by atoms with Gasteiger partial charge in [-0.15, -0.1) is 0 Å². The van der Waals surface area contributed by atoms with Gasteiger partial charge in [-0.3, -0.25) is 0 Å². The SMILES string of the molecule is c1ccc2c(c1)-c1ccccc1C21c2ccccc2-c2c(N(c3ccc(-c4ccc5ccccc5c4)cc3)c3cccc4c3oc3ccccc34)cccc21. The zero-order valence-electron chi connectivity index (χ0n) is 29.9. The molecule has 0 saturated carbocycles. The minimum Gasteiger partial charge on any atom is -0.454 e. The molecule has 12 rings (SSSR count). The van der Waals surface area contributed by atoms with E-state index < -0.39 is 5.41 Å². The van der Waals surface area contributed by atoms with Crippen molar-refractivity contribution in [3.05, 3.63) is 222 Å². The Morgan fingerprint density at radius 3 is 1.73 bits per heavy atom. The van der Waals surface area contributed by atoms with Crippen molar-refractivity contribution in [3.63, 3.8) is 0 Å². The van der Waals surface area contributed by atoms with Crippen LogP contribution in [0.15, 0.2) is 205 Å². The van der Waals surface area contributed by atoms with Gasteiger partial charge >= 0.3 is 0 Å². The van der Waals surface area contributed by atoms with E-state index in [1.54, 1.807) is 0 Å². The first-order valence-electron chi connectivity index (χ1n) is 19.0. The monoisotopic (exact) mass is 699 g/mol. The summed E-state index contributed by atoms with van der Waals surface area (Å²) in [6.07, 6.45) is 0. The molecule has 256 valence electrons. The average Bonchev–Trinajstić information content (AvgIpc) is 3.89. The highest BCUT2D eigenvalue weighted by Crippen LogP contribution is 2.64. The molecule has 0 bridgehead atoms. The van der Waals surface area contributed by atoms with Crippen LogP contribution in [0.4, 0.5) is 17.1 Å². The first kappa shape index (κ1) is 30.3. The van der Waals surface area contributed by atoms with Gasteiger partial charge in [-0.1, -0.05) is 164 Å². The molecule has 0 N–H and O–H groups in total. The number of para-hydroxylation sites is 2. The zero-order chi connectivity index (χ0) is 36.1. The van der Waals surface area contributed by atoms with Crippen molar-refractivity contribution in [2.24, 2.45) is 0 Å². The van der Waals surface area contributed by atoms with Gasteiger partial charge in [-0.2, -0.15) is 0 Å². The molecule has 1 aromatic heterocycles. The molecule has 0 saturated heterocycles. The molecular formula is C53H33NO. The highest BCUT2D eigenvalue weighted by atomic mass is 16.3. The molecule has 2 aliphatic rings. The van der Waals surface area contributed by atoms with E-state index >= 15 is 0 Å². The first-order valence-corrected chi connectivity index (χ1v) is 19.0. The van der Waals surface area contributed by atoms with Gasteiger partial charge in [0.05, 0.1) is 16.8 Å². The van der Waals surface area contributed by atoms with E-state index in [1.807, 2.05) is 6.07 Å². The normalized spacial score (nSPS) is 13.2. The Hall–Kier alpha value is -7.16. The maximum absolute atomic E-state index is 6.77. The van der Waals surface area contributed by atoms with Gasteiger partial charge in [-0.05, 0) is 97.2 Å². The predicted octanol–water partition coefficient (Wildman–Crippen LogP) is 14.2. The number of rotatable bonds is 4. The Bertz CT molecular complexity index is 3120. The summed E-state index contributed by atoms with van der Waals surface area (Å²) in [7, 11) is 0. The quantitative estimate of drug-likeness (QED) is 0.182. The van der Waals surface area contributed by atoms with Gasteiger partial charge in [0.25, 0.3) is 0 Å². The third-order valence-corrected chi connectivity index (χ3v) is 12.1. The van der Waals surface area contributed by atoms with Crippen LogP contribution in [0.25, 0.3) is 66.1 Å². The Kier molecular flexibility index (Phi) is 6.29. The smallest absolute Gasteiger partial charge is 0.159 e. The van der Waals surface area contributed by atoms with Crippen molar-refractivity contribution in [3.8, 4) is 33.4 Å². The maximum atomic E-state index is 6.77. The molecule has 0 amide bonds. The molecule has 0 aliphatic heterocycles. The molecule has 1 heterocycles. The molecule has 0 radical (unpaired) electrons. The largest absolute Gasteiger partial charge is 0.454 e. The van der Waals surface area contributed by atoms with Crippen LogP contribution in [-0.4, -0.2) is 0 Å². The van der Waals surface area contributed by atoms with Gasteiger partial charge in [0, 0.05) is 22.0 Å². The molecule has 0 atom stereocenters. The first-order chi connectivity index (χ1) is 27.3.